The van der Waals surface area contributed by atoms with E-state index in [2.05, 4.69) is 4.98 Å². The number of hydrogen-bond donors (Lipinski definition) is 0. The number of halogens is 2. The Bertz CT molecular complexity index is 987. The molecule has 4 rings (SSSR count). The third kappa shape index (κ3) is 2.27. The quantitative estimate of drug-likeness (QED) is 0.666. The number of carbonyl (C=O) groups excluding carboxylic acids is 1. The number of amides is 1. The van der Waals surface area contributed by atoms with Crippen molar-refractivity contribution in [3.63, 3.8) is 0 Å². The summed E-state index contributed by atoms with van der Waals surface area (Å²) < 4.78 is 26.8. The molecule has 0 aliphatic carbocycles. The van der Waals surface area contributed by atoms with Crippen LogP contribution in [0.3, 0.4) is 0 Å². The highest BCUT2D eigenvalue weighted by Crippen LogP contribution is 2.35. The predicted molar refractivity (Wildman–Crippen MR) is 90.2 cm³/mol. The zero-order chi connectivity index (χ0) is 16.7. The van der Waals surface area contributed by atoms with Gasteiger partial charge in [-0.05, 0) is 24.3 Å². The van der Waals surface area contributed by atoms with E-state index in [1.54, 1.807) is 30.3 Å². The second kappa shape index (κ2) is 5.56. The minimum absolute atomic E-state index is 0.174. The summed E-state index contributed by atoms with van der Waals surface area (Å²) in [4.78, 5) is 17.2. The summed E-state index contributed by atoms with van der Waals surface area (Å²) in [6.07, 6.45) is 1.53. The number of fused-ring (bicyclic) bond motifs is 2. The van der Waals surface area contributed by atoms with E-state index in [9.17, 15) is 13.4 Å². The van der Waals surface area contributed by atoms with Crippen LogP contribution in [0.15, 0.2) is 60.7 Å². The molecule has 24 heavy (non-hydrogen) atoms. The van der Waals surface area contributed by atoms with Crippen LogP contribution in [0.5, 0.6) is 0 Å². The van der Waals surface area contributed by atoms with E-state index in [0.717, 1.165) is 10.9 Å². The molecule has 3 aromatic rings. The molecule has 1 aromatic heterocycles. The summed E-state index contributed by atoms with van der Waals surface area (Å²) in [7, 11) is -2.91. The van der Waals surface area contributed by atoms with Crippen LogP contribution in [-0.4, -0.2) is 23.1 Å². The molecule has 0 fully saturated rings. The van der Waals surface area contributed by atoms with Gasteiger partial charge in [0.15, 0.2) is 0 Å². The Morgan fingerprint density at radius 3 is 2.42 bits per heavy atom. The van der Waals surface area contributed by atoms with Crippen molar-refractivity contribution in [2.24, 2.45) is 0 Å². The van der Waals surface area contributed by atoms with Gasteiger partial charge in [0.1, 0.15) is 0 Å². The molecular formula is C18H11BF2N2O. The van der Waals surface area contributed by atoms with Crippen LogP contribution in [0.25, 0.3) is 22.7 Å². The molecule has 0 unspecified atom stereocenters. The fourth-order valence-electron chi connectivity index (χ4n) is 2.91. The van der Waals surface area contributed by atoms with E-state index < -0.39 is 13.3 Å². The van der Waals surface area contributed by atoms with Crippen molar-refractivity contribution in [2.45, 2.75) is 0 Å². The number of para-hydroxylation sites is 1. The van der Waals surface area contributed by atoms with Gasteiger partial charge in [-0.3, -0.25) is 18.2 Å². The molecule has 0 radical (unpaired) electrons. The van der Waals surface area contributed by atoms with Crippen LogP contribution in [0, 0.1) is 0 Å². The maximum absolute atomic E-state index is 13.4. The second-order valence-corrected chi connectivity index (χ2v) is 5.46. The van der Waals surface area contributed by atoms with Gasteiger partial charge in [-0.1, -0.05) is 42.5 Å². The molecule has 1 aliphatic rings. The smallest absolute Gasteiger partial charge is 0.291 e. The van der Waals surface area contributed by atoms with Gasteiger partial charge >= 0.3 is 7.40 Å². The van der Waals surface area contributed by atoms with Crippen LogP contribution in [-0.2, 0) is 0 Å². The average Bonchev–Trinajstić information content (AvgIpc) is 2.87. The van der Waals surface area contributed by atoms with E-state index in [-0.39, 0.29) is 11.3 Å². The summed E-state index contributed by atoms with van der Waals surface area (Å²) in [6, 6.07) is 17.8. The average molecular weight is 320 g/mol. The molecule has 0 bridgehead atoms. The van der Waals surface area contributed by atoms with Gasteiger partial charge in [0, 0.05) is 22.2 Å². The van der Waals surface area contributed by atoms with E-state index in [4.69, 9.17) is 0 Å². The predicted octanol–water partition coefficient (Wildman–Crippen LogP) is 4.11. The highest BCUT2D eigenvalue weighted by molar-refractivity contribution is 6.49. The van der Waals surface area contributed by atoms with Crippen molar-refractivity contribution in [2.75, 3.05) is 0 Å². The zero-order valence-electron chi connectivity index (χ0n) is 12.5. The fraction of sp³-hybridized carbons (Fsp3) is 0. The number of nitrogens with zero attached hydrogens (tertiary/aromatic N) is 2. The Balaban J connectivity index is 1.88. The van der Waals surface area contributed by atoms with Crippen LogP contribution < -0.4 is 0 Å². The van der Waals surface area contributed by atoms with Crippen molar-refractivity contribution < 1.29 is 13.4 Å². The highest BCUT2D eigenvalue weighted by Gasteiger charge is 2.41. The van der Waals surface area contributed by atoms with E-state index in [1.165, 1.54) is 6.08 Å². The van der Waals surface area contributed by atoms with Crippen molar-refractivity contribution in [3.8, 4) is 0 Å². The van der Waals surface area contributed by atoms with E-state index in [0.29, 0.717) is 16.1 Å². The van der Waals surface area contributed by atoms with Gasteiger partial charge in [0.2, 0.25) is 0 Å². The maximum Gasteiger partial charge on any atom is 0.680 e. The first kappa shape index (κ1) is 14.6. The van der Waals surface area contributed by atoms with Gasteiger partial charge in [-0.25, -0.2) is 4.98 Å². The molecule has 1 aliphatic heterocycles. The lowest BCUT2D eigenvalue weighted by atomic mass is 10.1. The van der Waals surface area contributed by atoms with Gasteiger partial charge in [-0.2, -0.15) is 0 Å². The maximum atomic E-state index is 13.4. The van der Waals surface area contributed by atoms with Crippen LogP contribution in [0.4, 0.5) is 8.63 Å². The standard InChI is InChI=1S/C18H11BF2N2O/c20-19(21)23-17(14-6-2-3-7-15(14)18(23)24)11-13-10-9-12-5-1-4-8-16(12)22-13/h1-11H. The molecule has 0 saturated carbocycles. The Hall–Kier alpha value is -3.02. The SMILES string of the molecule is O=C1c2ccccc2C(=Cc2ccc3ccccc3n2)N1B(F)F. The van der Waals surface area contributed by atoms with Gasteiger partial charge in [-0.15, -0.1) is 0 Å². The normalized spacial score (nSPS) is 15.2. The Morgan fingerprint density at radius 1 is 0.917 bits per heavy atom. The molecule has 0 saturated heterocycles. The summed E-state index contributed by atoms with van der Waals surface area (Å²) in [5, 5.41) is 0.966. The van der Waals surface area contributed by atoms with Gasteiger partial charge in [0.25, 0.3) is 5.91 Å². The van der Waals surface area contributed by atoms with Gasteiger partial charge in [0.05, 0.1) is 11.2 Å². The van der Waals surface area contributed by atoms with Crippen molar-refractivity contribution >= 4 is 36.0 Å². The van der Waals surface area contributed by atoms with Crippen molar-refractivity contribution in [1.82, 2.24) is 9.79 Å². The number of rotatable bonds is 2. The van der Waals surface area contributed by atoms with Crippen LogP contribution in [0.1, 0.15) is 21.6 Å². The summed E-state index contributed by atoms with van der Waals surface area (Å²) in [6.45, 7) is 0. The zero-order valence-corrected chi connectivity index (χ0v) is 12.5. The number of pyridine rings is 1. The molecule has 3 nitrogen and oxygen atoms in total. The number of aromatic nitrogens is 1. The van der Waals surface area contributed by atoms with Crippen molar-refractivity contribution in [1.29, 1.82) is 0 Å². The summed E-state index contributed by atoms with van der Waals surface area (Å²) in [5.41, 5.74) is 2.25. The van der Waals surface area contributed by atoms with Crippen LogP contribution >= 0.6 is 0 Å². The van der Waals surface area contributed by atoms with E-state index >= 15 is 0 Å². The molecule has 0 N–H and O–H groups in total. The molecule has 0 atom stereocenters. The lowest BCUT2D eigenvalue weighted by Crippen LogP contribution is -2.32. The molecule has 2 heterocycles. The Kier molecular flexibility index (Phi) is 3.38. The highest BCUT2D eigenvalue weighted by atomic mass is 19.2. The second-order valence-electron chi connectivity index (χ2n) is 5.46. The Morgan fingerprint density at radius 2 is 1.62 bits per heavy atom. The number of hydrogen-bond acceptors (Lipinski definition) is 2. The van der Waals surface area contributed by atoms with Crippen molar-refractivity contribution in [3.05, 3.63) is 77.5 Å². The minimum atomic E-state index is -2.91. The summed E-state index contributed by atoms with van der Waals surface area (Å²) in [5.74, 6) is -0.687. The number of benzene rings is 2. The third-order valence-corrected chi connectivity index (χ3v) is 4.01. The largest absolute Gasteiger partial charge is 0.680 e. The molecule has 116 valence electrons. The molecule has 1 amide bonds. The topological polar surface area (TPSA) is 33.2 Å². The summed E-state index contributed by atoms with van der Waals surface area (Å²) >= 11 is 0. The minimum Gasteiger partial charge on any atom is -0.291 e. The first-order valence-corrected chi connectivity index (χ1v) is 7.44. The Labute approximate surface area is 137 Å². The first-order chi connectivity index (χ1) is 11.6. The van der Waals surface area contributed by atoms with Crippen LogP contribution in [0.2, 0.25) is 0 Å². The monoisotopic (exact) mass is 320 g/mol. The molecular weight excluding hydrogens is 309 g/mol. The lowest BCUT2D eigenvalue weighted by Gasteiger charge is -2.14. The van der Waals surface area contributed by atoms with Gasteiger partial charge < -0.3 is 0 Å². The fourth-order valence-corrected chi connectivity index (χ4v) is 2.91. The number of carbonyl (C=O) groups is 1. The van der Waals surface area contributed by atoms with E-state index in [1.807, 2.05) is 30.3 Å². The first-order valence-electron chi connectivity index (χ1n) is 7.44. The molecule has 0 spiro atoms. The lowest BCUT2D eigenvalue weighted by molar-refractivity contribution is 0.0901. The third-order valence-electron chi connectivity index (χ3n) is 4.01. The molecule has 2 aromatic carbocycles. The molecule has 6 heteroatoms.